The fraction of sp³-hybridized carbons (Fsp3) is 0.409. The second kappa shape index (κ2) is 8.74. The second-order valence-corrected chi connectivity index (χ2v) is 9.81. The third-order valence-electron chi connectivity index (χ3n) is 5.91. The van der Waals surface area contributed by atoms with Crippen molar-refractivity contribution in [1.82, 2.24) is 9.62 Å². The van der Waals surface area contributed by atoms with Crippen LogP contribution in [0.15, 0.2) is 53.4 Å². The highest BCUT2D eigenvalue weighted by molar-refractivity contribution is 7.89. The number of benzene rings is 2. The number of nitrogens with zero attached hydrogens (tertiary/aromatic N) is 1. The van der Waals surface area contributed by atoms with E-state index in [2.05, 4.69) is 5.32 Å². The molecular weight excluding hydrogens is 445 g/mol. The third-order valence-corrected chi connectivity index (χ3v) is 7.87. The minimum atomic E-state index is -4.78. The minimum Gasteiger partial charge on any atom is -0.493 e. The quantitative estimate of drug-likeness (QED) is 0.742. The molecule has 0 aliphatic carbocycles. The Morgan fingerprint density at radius 3 is 2.38 bits per heavy atom. The van der Waals surface area contributed by atoms with Gasteiger partial charge in [-0.2, -0.15) is 17.5 Å². The number of alkyl halides is 3. The van der Waals surface area contributed by atoms with Crippen LogP contribution in [0, 0.1) is 5.92 Å². The molecule has 0 aromatic heterocycles. The number of amides is 1. The maximum atomic E-state index is 13.3. The molecule has 2 aliphatic rings. The largest absolute Gasteiger partial charge is 0.493 e. The monoisotopic (exact) mass is 468 g/mol. The topological polar surface area (TPSA) is 75.7 Å². The number of piperidine rings is 1. The molecule has 10 heteroatoms. The van der Waals surface area contributed by atoms with Crippen LogP contribution in [0.5, 0.6) is 5.75 Å². The van der Waals surface area contributed by atoms with Gasteiger partial charge in [0.1, 0.15) is 5.75 Å². The molecule has 32 heavy (non-hydrogen) atoms. The third kappa shape index (κ3) is 4.47. The zero-order chi connectivity index (χ0) is 22.9. The fourth-order valence-electron chi connectivity index (χ4n) is 4.20. The molecule has 2 aromatic carbocycles. The van der Waals surface area contributed by atoms with Gasteiger partial charge in [0.25, 0.3) is 0 Å². The van der Waals surface area contributed by atoms with Crippen molar-refractivity contribution >= 4 is 15.9 Å². The molecule has 6 nitrogen and oxygen atoms in total. The van der Waals surface area contributed by atoms with E-state index < -0.39 is 32.6 Å². The number of hydrogen-bond donors (Lipinski definition) is 1. The normalized spacial score (nSPS) is 20.3. The van der Waals surface area contributed by atoms with E-state index in [9.17, 15) is 26.4 Å². The van der Waals surface area contributed by atoms with E-state index >= 15 is 0 Å². The first-order valence-corrected chi connectivity index (χ1v) is 11.8. The molecule has 0 radical (unpaired) electrons. The lowest BCUT2D eigenvalue weighted by molar-refractivity contribution is -0.139. The lowest BCUT2D eigenvalue weighted by Crippen LogP contribution is -2.44. The molecule has 172 valence electrons. The molecule has 4 rings (SSSR count). The summed E-state index contributed by atoms with van der Waals surface area (Å²) < 4.78 is 72.3. The van der Waals surface area contributed by atoms with Crippen molar-refractivity contribution in [2.24, 2.45) is 5.92 Å². The Kier molecular flexibility index (Phi) is 6.17. The van der Waals surface area contributed by atoms with Crippen LogP contribution >= 0.6 is 0 Å². The Morgan fingerprint density at radius 2 is 1.66 bits per heavy atom. The number of rotatable bonds is 4. The molecule has 0 unspecified atom stereocenters. The summed E-state index contributed by atoms with van der Waals surface area (Å²) >= 11 is 0. The molecule has 2 aromatic rings. The Balaban J connectivity index is 1.42. The number of carbonyl (C=O) groups excluding carboxylic acids is 1. The van der Waals surface area contributed by atoms with Crippen molar-refractivity contribution in [3.63, 3.8) is 0 Å². The Bertz CT molecular complexity index is 1100. The Morgan fingerprint density at radius 1 is 1.00 bits per heavy atom. The fourth-order valence-corrected chi connectivity index (χ4v) is 5.89. The van der Waals surface area contributed by atoms with Gasteiger partial charge in [0, 0.05) is 31.0 Å². The number of fused-ring (bicyclic) bond motifs is 1. The van der Waals surface area contributed by atoms with Gasteiger partial charge >= 0.3 is 6.18 Å². The summed E-state index contributed by atoms with van der Waals surface area (Å²) in [5, 5.41) is 3.02. The van der Waals surface area contributed by atoms with Gasteiger partial charge in [0.05, 0.1) is 23.1 Å². The van der Waals surface area contributed by atoms with Crippen molar-refractivity contribution in [3.05, 3.63) is 59.7 Å². The molecule has 1 saturated heterocycles. The van der Waals surface area contributed by atoms with E-state index in [1.165, 1.54) is 6.07 Å². The predicted molar refractivity (Wildman–Crippen MR) is 110 cm³/mol. The predicted octanol–water partition coefficient (Wildman–Crippen LogP) is 3.75. The molecule has 1 amide bonds. The summed E-state index contributed by atoms with van der Waals surface area (Å²) in [6, 6.07) is 11.4. The summed E-state index contributed by atoms with van der Waals surface area (Å²) in [6.45, 7) is 0.450. The number of sulfonamides is 1. The van der Waals surface area contributed by atoms with Gasteiger partial charge in [0.15, 0.2) is 0 Å². The van der Waals surface area contributed by atoms with Crippen LogP contribution in [-0.4, -0.2) is 38.3 Å². The summed E-state index contributed by atoms with van der Waals surface area (Å²) in [5.41, 5.74) is -0.283. The molecular formula is C22H23F3N2O4S. The SMILES string of the molecule is O=C(N[C@@H]1CCOc2ccccc21)C1CCN(S(=O)(=O)c2ccccc2C(F)(F)F)CC1. The standard InChI is InChI=1S/C22H23F3N2O4S/c23-22(24,25)17-6-2-4-8-20(17)32(29,30)27-12-9-15(10-13-27)21(28)26-18-11-14-31-19-7-3-1-5-16(18)19/h1-8,15,18H,9-14H2,(H,26,28)/t18-/m1/s1. The summed E-state index contributed by atoms with van der Waals surface area (Å²) in [5.74, 6) is 0.141. The van der Waals surface area contributed by atoms with Gasteiger partial charge < -0.3 is 10.1 Å². The summed E-state index contributed by atoms with van der Waals surface area (Å²) in [6.07, 6.45) is -3.67. The van der Waals surface area contributed by atoms with E-state index in [0.29, 0.717) is 13.0 Å². The molecule has 2 heterocycles. The van der Waals surface area contributed by atoms with Crippen molar-refractivity contribution < 1.29 is 31.1 Å². The van der Waals surface area contributed by atoms with Crippen LogP contribution in [0.3, 0.4) is 0 Å². The smallest absolute Gasteiger partial charge is 0.417 e. The van der Waals surface area contributed by atoms with Crippen molar-refractivity contribution in [3.8, 4) is 5.75 Å². The summed E-state index contributed by atoms with van der Waals surface area (Å²) in [7, 11) is -4.33. The second-order valence-electron chi connectivity index (χ2n) is 7.91. The highest BCUT2D eigenvalue weighted by Crippen LogP contribution is 2.36. The average Bonchev–Trinajstić information content (AvgIpc) is 2.79. The van der Waals surface area contributed by atoms with Crippen molar-refractivity contribution in [2.45, 2.75) is 36.4 Å². The molecule has 2 aliphatic heterocycles. The molecule has 0 spiro atoms. The van der Waals surface area contributed by atoms with Crippen LogP contribution in [0.2, 0.25) is 0 Å². The van der Waals surface area contributed by atoms with Crippen LogP contribution < -0.4 is 10.1 Å². The lowest BCUT2D eigenvalue weighted by atomic mass is 9.95. The number of ether oxygens (including phenoxy) is 1. The molecule has 1 N–H and O–H groups in total. The van der Waals surface area contributed by atoms with Crippen molar-refractivity contribution in [1.29, 1.82) is 0 Å². The van der Waals surface area contributed by atoms with Crippen LogP contribution in [0.25, 0.3) is 0 Å². The first kappa shape index (κ1) is 22.6. The van der Waals surface area contributed by atoms with E-state index in [0.717, 1.165) is 33.8 Å². The Hall–Kier alpha value is -2.59. The van der Waals surface area contributed by atoms with Gasteiger partial charge in [-0.15, -0.1) is 0 Å². The highest BCUT2D eigenvalue weighted by Gasteiger charge is 2.40. The van der Waals surface area contributed by atoms with Gasteiger partial charge in [0.2, 0.25) is 15.9 Å². The van der Waals surface area contributed by atoms with E-state index in [4.69, 9.17) is 4.74 Å². The minimum absolute atomic E-state index is 0.0169. The Labute approximate surface area is 184 Å². The van der Waals surface area contributed by atoms with Gasteiger partial charge in [-0.25, -0.2) is 8.42 Å². The molecule has 1 atom stereocenters. The van der Waals surface area contributed by atoms with Crippen LogP contribution in [0.1, 0.15) is 36.4 Å². The highest BCUT2D eigenvalue weighted by atomic mass is 32.2. The first-order valence-electron chi connectivity index (χ1n) is 10.4. The van der Waals surface area contributed by atoms with E-state index in [-0.39, 0.29) is 37.9 Å². The number of nitrogens with one attached hydrogen (secondary N) is 1. The number of para-hydroxylation sites is 1. The average molecular weight is 468 g/mol. The van der Waals surface area contributed by atoms with Crippen LogP contribution in [0.4, 0.5) is 13.2 Å². The van der Waals surface area contributed by atoms with Gasteiger partial charge in [-0.1, -0.05) is 30.3 Å². The maximum Gasteiger partial charge on any atom is 0.417 e. The molecule has 0 saturated carbocycles. The maximum absolute atomic E-state index is 13.3. The number of hydrogen-bond acceptors (Lipinski definition) is 4. The van der Waals surface area contributed by atoms with E-state index in [1.807, 2.05) is 24.3 Å². The molecule has 1 fully saturated rings. The zero-order valence-corrected chi connectivity index (χ0v) is 18.0. The molecule has 0 bridgehead atoms. The number of halogens is 3. The van der Waals surface area contributed by atoms with Crippen LogP contribution in [-0.2, 0) is 21.0 Å². The number of carbonyl (C=O) groups is 1. The first-order chi connectivity index (χ1) is 15.2. The summed E-state index contributed by atoms with van der Waals surface area (Å²) in [4.78, 5) is 12.1. The van der Waals surface area contributed by atoms with E-state index in [1.54, 1.807) is 0 Å². The van der Waals surface area contributed by atoms with Crippen molar-refractivity contribution in [2.75, 3.05) is 19.7 Å². The lowest BCUT2D eigenvalue weighted by Gasteiger charge is -2.33. The zero-order valence-electron chi connectivity index (χ0n) is 17.1. The van der Waals surface area contributed by atoms with Gasteiger partial charge in [-0.3, -0.25) is 4.79 Å². The van der Waals surface area contributed by atoms with Gasteiger partial charge in [-0.05, 0) is 31.0 Å².